The lowest BCUT2D eigenvalue weighted by Crippen LogP contribution is -2.46. The van der Waals surface area contributed by atoms with Gasteiger partial charge < -0.3 is 15.4 Å². The Balaban J connectivity index is 3.60. The molecule has 0 heterocycles. The van der Waals surface area contributed by atoms with E-state index in [1.165, 1.54) is 22.3 Å². The van der Waals surface area contributed by atoms with Crippen molar-refractivity contribution in [2.24, 2.45) is 5.73 Å². The SMILES string of the molecule is COc1c(C)c(C)cc(C)c1C(N(C)C)C(C)(C)N. The average Bonchev–Trinajstić information content (AvgIpc) is 2.23. The third kappa shape index (κ3) is 3.10. The number of nitrogens with zero attached hydrogens (tertiary/aromatic N) is 1. The maximum absolute atomic E-state index is 6.40. The van der Waals surface area contributed by atoms with Crippen LogP contribution in [0.2, 0.25) is 0 Å². The van der Waals surface area contributed by atoms with E-state index >= 15 is 0 Å². The number of benzene rings is 1. The molecule has 3 heteroatoms. The van der Waals surface area contributed by atoms with Crippen LogP contribution in [0.4, 0.5) is 0 Å². The Kier molecular flexibility index (Phi) is 4.64. The van der Waals surface area contributed by atoms with Crippen molar-refractivity contribution in [1.82, 2.24) is 4.90 Å². The third-order valence-electron chi connectivity index (χ3n) is 3.73. The summed E-state index contributed by atoms with van der Waals surface area (Å²) < 4.78 is 5.68. The molecule has 1 rings (SSSR count). The number of ether oxygens (including phenoxy) is 1. The Morgan fingerprint density at radius 3 is 2.05 bits per heavy atom. The van der Waals surface area contributed by atoms with Crippen LogP contribution in [-0.2, 0) is 0 Å². The Bertz CT molecular complexity index is 459. The van der Waals surface area contributed by atoms with Crippen LogP contribution in [0, 0.1) is 20.8 Å². The van der Waals surface area contributed by atoms with Gasteiger partial charge in [0.15, 0.2) is 0 Å². The fourth-order valence-corrected chi connectivity index (χ4v) is 2.97. The van der Waals surface area contributed by atoms with Crippen LogP contribution >= 0.6 is 0 Å². The molecule has 0 radical (unpaired) electrons. The topological polar surface area (TPSA) is 38.5 Å². The first-order chi connectivity index (χ1) is 8.61. The Hall–Kier alpha value is -1.06. The molecular weight excluding hydrogens is 236 g/mol. The first-order valence-electron chi connectivity index (χ1n) is 6.71. The van der Waals surface area contributed by atoms with Crippen LogP contribution in [0.25, 0.3) is 0 Å². The van der Waals surface area contributed by atoms with Crippen LogP contribution in [0.15, 0.2) is 6.07 Å². The third-order valence-corrected chi connectivity index (χ3v) is 3.73. The van der Waals surface area contributed by atoms with Gasteiger partial charge in [0.05, 0.1) is 13.2 Å². The minimum atomic E-state index is -0.344. The van der Waals surface area contributed by atoms with Crippen LogP contribution < -0.4 is 10.5 Å². The lowest BCUT2D eigenvalue weighted by Gasteiger charge is -2.38. The summed E-state index contributed by atoms with van der Waals surface area (Å²) in [6.45, 7) is 10.5. The number of likely N-dealkylation sites (N-methyl/N-ethyl adjacent to an activating group) is 1. The van der Waals surface area contributed by atoms with Gasteiger partial charge in [-0.1, -0.05) is 6.07 Å². The second-order valence-electron chi connectivity index (χ2n) is 6.27. The van der Waals surface area contributed by atoms with Gasteiger partial charge in [-0.05, 0) is 65.4 Å². The van der Waals surface area contributed by atoms with E-state index in [0.29, 0.717) is 0 Å². The largest absolute Gasteiger partial charge is 0.496 e. The highest BCUT2D eigenvalue weighted by Crippen LogP contribution is 2.39. The highest BCUT2D eigenvalue weighted by molar-refractivity contribution is 5.52. The smallest absolute Gasteiger partial charge is 0.127 e. The predicted molar refractivity (Wildman–Crippen MR) is 81.9 cm³/mol. The van der Waals surface area contributed by atoms with Gasteiger partial charge in [-0.25, -0.2) is 0 Å². The van der Waals surface area contributed by atoms with Gasteiger partial charge in [-0.15, -0.1) is 0 Å². The fraction of sp³-hybridized carbons (Fsp3) is 0.625. The molecule has 1 aromatic carbocycles. The van der Waals surface area contributed by atoms with Gasteiger partial charge in [0.1, 0.15) is 5.75 Å². The van der Waals surface area contributed by atoms with E-state index in [9.17, 15) is 0 Å². The van der Waals surface area contributed by atoms with Gasteiger partial charge in [-0.2, -0.15) is 0 Å². The minimum absolute atomic E-state index is 0.113. The first-order valence-corrected chi connectivity index (χ1v) is 6.71. The molecule has 0 aliphatic rings. The van der Waals surface area contributed by atoms with Crippen LogP contribution in [0.1, 0.15) is 42.1 Å². The zero-order chi connectivity index (χ0) is 15.0. The van der Waals surface area contributed by atoms with Crippen LogP contribution in [0.3, 0.4) is 0 Å². The normalized spacial score (nSPS) is 13.8. The molecule has 19 heavy (non-hydrogen) atoms. The average molecular weight is 264 g/mol. The second-order valence-corrected chi connectivity index (χ2v) is 6.27. The van der Waals surface area contributed by atoms with E-state index in [2.05, 4.69) is 59.7 Å². The molecule has 2 N–H and O–H groups in total. The summed E-state index contributed by atoms with van der Waals surface area (Å²) in [5.41, 5.74) is 10.9. The summed E-state index contributed by atoms with van der Waals surface area (Å²) in [4.78, 5) is 2.17. The number of hydrogen-bond acceptors (Lipinski definition) is 3. The molecule has 0 amide bonds. The van der Waals surface area contributed by atoms with Crippen molar-refractivity contribution in [2.75, 3.05) is 21.2 Å². The van der Waals surface area contributed by atoms with E-state index in [-0.39, 0.29) is 11.6 Å². The molecular formula is C16H28N2O. The Morgan fingerprint density at radius 1 is 1.16 bits per heavy atom. The summed E-state index contributed by atoms with van der Waals surface area (Å²) in [7, 11) is 5.86. The molecule has 1 unspecified atom stereocenters. The first kappa shape index (κ1) is 16.0. The van der Waals surface area contributed by atoms with Crippen molar-refractivity contribution in [3.8, 4) is 5.75 Å². The molecule has 3 nitrogen and oxygen atoms in total. The zero-order valence-electron chi connectivity index (χ0n) is 13.6. The van der Waals surface area contributed by atoms with Gasteiger partial charge in [0, 0.05) is 11.1 Å². The van der Waals surface area contributed by atoms with E-state index in [1.54, 1.807) is 7.11 Å². The molecule has 108 valence electrons. The molecule has 0 spiro atoms. The summed E-state index contributed by atoms with van der Waals surface area (Å²) in [5, 5.41) is 0. The van der Waals surface area contributed by atoms with Gasteiger partial charge in [0.2, 0.25) is 0 Å². The van der Waals surface area contributed by atoms with Crippen LogP contribution in [0.5, 0.6) is 5.75 Å². The summed E-state index contributed by atoms with van der Waals surface area (Å²) in [6, 6.07) is 2.33. The number of hydrogen-bond donors (Lipinski definition) is 1. The maximum atomic E-state index is 6.40. The van der Waals surface area contributed by atoms with Gasteiger partial charge in [-0.3, -0.25) is 0 Å². The van der Waals surface area contributed by atoms with Crippen molar-refractivity contribution >= 4 is 0 Å². The van der Waals surface area contributed by atoms with Crippen molar-refractivity contribution in [3.05, 3.63) is 28.3 Å². The highest BCUT2D eigenvalue weighted by Gasteiger charge is 2.33. The van der Waals surface area contributed by atoms with Crippen molar-refractivity contribution in [1.29, 1.82) is 0 Å². The van der Waals surface area contributed by atoms with Gasteiger partial charge in [0.25, 0.3) is 0 Å². The van der Waals surface area contributed by atoms with E-state index < -0.39 is 0 Å². The van der Waals surface area contributed by atoms with Crippen LogP contribution in [-0.4, -0.2) is 31.6 Å². The number of nitrogens with two attached hydrogens (primary N) is 1. The quantitative estimate of drug-likeness (QED) is 0.908. The molecule has 1 aromatic rings. The number of methoxy groups -OCH3 is 1. The maximum Gasteiger partial charge on any atom is 0.127 e. The molecule has 0 fully saturated rings. The zero-order valence-corrected chi connectivity index (χ0v) is 13.6. The monoisotopic (exact) mass is 264 g/mol. The summed E-state index contributed by atoms with van der Waals surface area (Å²) in [5.74, 6) is 0.967. The molecule has 1 atom stereocenters. The van der Waals surface area contributed by atoms with Crippen molar-refractivity contribution in [3.63, 3.8) is 0 Å². The standard InChI is InChI=1S/C16H28N2O/c1-10-9-11(2)13(14(19-8)12(10)3)15(18(6)7)16(4,5)17/h9,15H,17H2,1-8H3. The molecule has 0 aliphatic carbocycles. The molecule has 0 saturated heterocycles. The number of aryl methyl sites for hydroxylation is 2. The van der Waals surface area contributed by atoms with E-state index in [1.807, 2.05) is 0 Å². The molecule has 0 aliphatic heterocycles. The summed E-state index contributed by atoms with van der Waals surface area (Å²) in [6.07, 6.45) is 0. The van der Waals surface area contributed by atoms with Gasteiger partial charge >= 0.3 is 0 Å². The van der Waals surface area contributed by atoms with E-state index in [0.717, 1.165) is 5.75 Å². The highest BCUT2D eigenvalue weighted by atomic mass is 16.5. The molecule has 0 bridgehead atoms. The second kappa shape index (κ2) is 5.51. The number of rotatable bonds is 4. The predicted octanol–water partition coefficient (Wildman–Crippen LogP) is 2.96. The fourth-order valence-electron chi connectivity index (χ4n) is 2.97. The minimum Gasteiger partial charge on any atom is -0.496 e. The lowest BCUT2D eigenvalue weighted by atomic mass is 9.84. The Labute approximate surface area is 117 Å². The van der Waals surface area contributed by atoms with Crippen molar-refractivity contribution in [2.45, 2.75) is 46.2 Å². The lowest BCUT2D eigenvalue weighted by molar-refractivity contribution is 0.198. The molecule has 0 saturated carbocycles. The Morgan fingerprint density at radius 2 is 1.68 bits per heavy atom. The van der Waals surface area contributed by atoms with Crippen molar-refractivity contribution < 1.29 is 4.74 Å². The van der Waals surface area contributed by atoms with E-state index in [4.69, 9.17) is 10.5 Å². The molecule has 0 aromatic heterocycles. The summed E-state index contributed by atoms with van der Waals surface area (Å²) >= 11 is 0.